The first-order chi connectivity index (χ1) is 12.9. The summed E-state index contributed by atoms with van der Waals surface area (Å²) in [5, 5.41) is 7.17. The standard InChI is InChI=1S/C22H26ClN3O/c1-22(2)13-25-21(27)16-9-8-14(10-18(16)22)17-11-20(24-12-19(17)23)26-15-6-4-3-5-7-15/h8-12,15H,3-7,13H2,1-2H3,(H,24,26)(H,25,27). The molecule has 0 unspecified atom stereocenters. The lowest BCUT2D eigenvalue weighted by atomic mass is 9.78. The lowest BCUT2D eigenvalue weighted by molar-refractivity contribution is 0.0930. The van der Waals surface area contributed by atoms with Crippen LogP contribution in [0, 0.1) is 0 Å². The molecule has 1 aliphatic carbocycles. The maximum absolute atomic E-state index is 12.2. The summed E-state index contributed by atoms with van der Waals surface area (Å²) in [6, 6.07) is 8.53. The average molecular weight is 384 g/mol. The van der Waals surface area contributed by atoms with Crippen molar-refractivity contribution in [3.8, 4) is 11.1 Å². The Bertz CT molecular complexity index is 872. The van der Waals surface area contributed by atoms with Crippen molar-refractivity contribution in [3.63, 3.8) is 0 Å². The molecule has 2 heterocycles. The van der Waals surface area contributed by atoms with E-state index in [0.717, 1.165) is 28.1 Å². The first-order valence-corrected chi connectivity index (χ1v) is 10.2. The molecular weight excluding hydrogens is 358 g/mol. The van der Waals surface area contributed by atoms with Crippen LogP contribution in [0.1, 0.15) is 61.9 Å². The van der Waals surface area contributed by atoms with Gasteiger partial charge in [-0.2, -0.15) is 0 Å². The summed E-state index contributed by atoms with van der Waals surface area (Å²) >= 11 is 6.49. The molecule has 5 heteroatoms. The Balaban J connectivity index is 1.69. The normalized spacial score (nSPS) is 19.3. The molecule has 1 saturated carbocycles. The summed E-state index contributed by atoms with van der Waals surface area (Å²) in [5.41, 5.74) is 3.69. The number of halogens is 1. The summed E-state index contributed by atoms with van der Waals surface area (Å²) in [6.45, 7) is 4.94. The van der Waals surface area contributed by atoms with Gasteiger partial charge in [0.15, 0.2) is 0 Å². The Morgan fingerprint density at radius 1 is 1.15 bits per heavy atom. The molecule has 1 aromatic heterocycles. The molecule has 0 atom stereocenters. The van der Waals surface area contributed by atoms with E-state index in [2.05, 4.69) is 35.5 Å². The van der Waals surface area contributed by atoms with Crippen LogP contribution in [0.25, 0.3) is 11.1 Å². The summed E-state index contributed by atoms with van der Waals surface area (Å²) in [6.07, 6.45) is 8.00. The number of carbonyl (C=O) groups is 1. The van der Waals surface area contributed by atoms with Crippen molar-refractivity contribution in [1.82, 2.24) is 10.3 Å². The fourth-order valence-corrected chi connectivity index (χ4v) is 4.37. The molecule has 0 saturated heterocycles. The highest BCUT2D eigenvalue weighted by Crippen LogP contribution is 2.36. The summed E-state index contributed by atoms with van der Waals surface area (Å²) in [7, 11) is 0. The van der Waals surface area contributed by atoms with Crippen LogP contribution in [0.15, 0.2) is 30.5 Å². The minimum Gasteiger partial charge on any atom is -0.367 e. The average Bonchev–Trinajstić information content (AvgIpc) is 2.67. The molecule has 2 aliphatic rings. The van der Waals surface area contributed by atoms with Gasteiger partial charge in [0.2, 0.25) is 0 Å². The number of benzene rings is 1. The van der Waals surface area contributed by atoms with Crippen LogP contribution in [0.2, 0.25) is 5.02 Å². The van der Waals surface area contributed by atoms with Crippen molar-refractivity contribution >= 4 is 23.3 Å². The van der Waals surface area contributed by atoms with E-state index < -0.39 is 0 Å². The van der Waals surface area contributed by atoms with Crippen LogP contribution in [-0.4, -0.2) is 23.5 Å². The van der Waals surface area contributed by atoms with Crippen molar-refractivity contribution in [2.45, 2.75) is 57.4 Å². The van der Waals surface area contributed by atoms with Crippen LogP contribution in [0.4, 0.5) is 5.82 Å². The van der Waals surface area contributed by atoms with E-state index in [0.29, 0.717) is 17.6 Å². The molecule has 1 aromatic carbocycles. The van der Waals surface area contributed by atoms with E-state index in [1.807, 2.05) is 18.2 Å². The molecule has 4 rings (SSSR count). The molecule has 4 nitrogen and oxygen atoms in total. The van der Waals surface area contributed by atoms with Gasteiger partial charge in [0, 0.05) is 35.3 Å². The zero-order chi connectivity index (χ0) is 19.0. The van der Waals surface area contributed by atoms with Crippen molar-refractivity contribution in [3.05, 3.63) is 46.6 Å². The third kappa shape index (κ3) is 3.68. The van der Waals surface area contributed by atoms with Crippen LogP contribution < -0.4 is 10.6 Å². The second kappa shape index (κ2) is 7.16. The van der Waals surface area contributed by atoms with Gasteiger partial charge in [-0.05, 0) is 42.2 Å². The fourth-order valence-electron chi connectivity index (χ4n) is 4.16. The summed E-state index contributed by atoms with van der Waals surface area (Å²) < 4.78 is 0. The minimum absolute atomic E-state index is 0.00338. The maximum Gasteiger partial charge on any atom is 0.251 e. The highest BCUT2D eigenvalue weighted by molar-refractivity contribution is 6.33. The zero-order valence-corrected chi connectivity index (χ0v) is 16.7. The second-order valence-electron chi connectivity index (χ2n) is 8.36. The Morgan fingerprint density at radius 2 is 1.93 bits per heavy atom. The van der Waals surface area contributed by atoms with Crippen molar-refractivity contribution < 1.29 is 4.79 Å². The van der Waals surface area contributed by atoms with Gasteiger partial charge in [-0.15, -0.1) is 0 Å². The van der Waals surface area contributed by atoms with Gasteiger partial charge < -0.3 is 10.6 Å². The Morgan fingerprint density at radius 3 is 2.70 bits per heavy atom. The molecule has 1 aliphatic heterocycles. The first-order valence-electron chi connectivity index (χ1n) is 9.79. The molecule has 1 amide bonds. The smallest absolute Gasteiger partial charge is 0.251 e. The number of hydrogen-bond donors (Lipinski definition) is 2. The van der Waals surface area contributed by atoms with E-state index in [9.17, 15) is 4.79 Å². The van der Waals surface area contributed by atoms with E-state index in [1.54, 1.807) is 6.20 Å². The molecule has 0 spiro atoms. The van der Waals surface area contributed by atoms with Gasteiger partial charge in [0.1, 0.15) is 5.82 Å². The van der Waals surface area contributed by atoms with Gasteiger partial charge in [-0.25, -0.2) is 4.98 Å². The van der Waals surface area contributed by atoms with Crippen LogP contribution in [-0.2, 0) is 5.41 Å². The number of anilines is 1. The topological polar surface area (TPSA) is 54.0 Å². The molecule has 1 fully saturated rings. The monoisotopic (exact) mass is 383 g/mol. The van der Waals surface area contributed by atoms with E-state index >= 15 is 0 Å². The number of nitrogens with zero attached hydrogens (tertiary/aromatic N) is 1. The van der Waals surface area contributed by atoms with E-state index in [-0.39, 0.29) is 11.3 Å². The molecular formula is C22H26ClN3O. The van der Waals surface area contributed by atoms with Crippen molar-refractivity contribution in [2.75, 3.05) is 11.9 Å². The molecule has 27 heavy (non-hydrogen) atoms. The lowest BCUT2D eigenvalue weighted by Gasteiger charge is -2.33. The number of rotatable bonds is 3. The predicted octanol–water partition coefficient (Wildman–Crippen LogP) is 5.17. The van der Waals surface area contributed by atoms with Crippen LogP contribution in [0.3, 0.4) is 0 Å². The predicted molar refractivity (Wildman–Crippen MR) is 111 cm³/mol. The molecule has 2 N–H and O–H groups in total. The Labute approximate surface area is 165 Å². The van der Waals surface area contributed by atoms with Crippen LogP contribution in [0.5, 0.6) is 0 Å². The first kappa shape index (κ1) is 18.3. The van der Waals surface area contributed by atoms with E-state index in [1.165, 1.54) is 32.1 Å². The van der Waals surface area contributed by atoms with Crippen LogP contribution >= 0.6 is 11.6 Å². The maximum atomic E-state index is 12.2. The number of carbonyl (C=O) groups excluding carboxylic acids is 1. The number of amides is 1. The molecule has 0 bridgehead atoms. The number of aromatic nitrogens is 1. The Hall–Kier alpha value is -2.07. The highest BCUT2D eigenvalue weighted by atomic mass is 35.5. The largest absolute Gasteiger partial charge is 0.367 e. The van der Waals surface area contributed by atoms with E-state index in [4.69, 9.17) is 11.6 Å². The third-order valence-electron chi connectivity index (χ3n) is 5.81. The Kier molecular flexibility index (Phi) is 4.85. The SMILES string of the molecule is CC1(C)CNC(=O)c2ccc(-c3cc(NC4CCCCC4)ncc3Cl)cc21. The number of pyridine rings is 1. The lowest BCUT2D eigenvalue weighted by Crippen LogP contribution is -2.43. The minimum atomic E-state index is -0.109. The third-order valence-corrected chi connectivity index (χ3v) is 6.11. The number of nitrogens with one attached hydrogen (secondary N) is 2. The second-order valence-corrected chi connectivity index (χ2v) is 8.76. The van der Waals surface area contributed by atoms with Crippen molar-refractivity contribution in [1.29, 1.82) is 0 Å². The fraction of sp³-hybridized carbons (Fsp3) is 0.455. The highest BCUT2D eigenvalue weighted by Gasteiger charge is 2.31. The van der Waals surface area contributed by atoms with Crippen molar-refractivity contribution in [2.24, 2.45) is 0 Å². The molecule has 142 valence electrons. The molecule has 0 radical (unpaired) electrons. The van der Waals surface area contributed by atoms with Gasteiger partial charge in [0.05, 0.1) is 5.02 Å². The zero-order valence-electron chi connectivity index (χ0n) is 15.9. The van der Waals surface area contributed by atoms with Gasteiger partial charge in [-0.3, -0.25) is 4.79 Å². The quantitative estimate of drug-likeness (QED) is 0.768. The summed E-state index contributed by atoms with van der Waals surface area (Å²) in [4.78, 5) is 16.7. The van der Waals surface area contributed by atoms with Gasteiger partial charge in [-0.1, -0.05) is 50.8 Å². The summed E-state index contributed by atoms with van der Waals surface area (Å²) in [5.74, 6) is 0.868. The number of fused-ring (bicyclic) bond motifs is 1. The number of hydrogen-bond acceptors (Lipinski definition) is 3. The molecule has 2 aromatic rings. The van der Waals surface area contributed by atoms with Gasteiger partial charge in [0.25, 0.3) is 5.91 Å². The van der Waals surface area contributed by atoms with Gasteiger partial charge >= 0.3 is 0 Å².